The van der Waals surface area contributed by atoms with Crippen LogP contribution in [0.2, 0.25) is 0 Å². The lowest BCUT2D eigenvalue weighted by Crippen LogP contribution is -2.22. The number of ether oxygens (including phenoxy) is 2. The highest BCUT2D eigenvalue weighted by atomic mass is 16.6. The Bertz CT molecular complexity index is 443. The van der Waals surface area contributed by atoms with E-state index in [9.17, 15) is 4.79 Å². The molecule has 27 heavy (non-hydrogen) atoms. The van der Waals surface area contributed by atoms with Gasteiger partial charge in [0.1, 0.15) is 6.10 Å². The molecule has 0 N–H and O–H groups in total. The molecule has 0 aromatic carbocycles. The van der Waals surface area contributed by atoms with Gasteiger partial charge in [-0.1, -0.05) is 77.2 Å². The molecule has 2 aliphatic rings. The van der Waals surface area contributed by atoms with Crippen LogP contribution in [-0.4, -0.2) is 24.8 Å². The van der Waals surface area contributed by atoms with E-state index in [2.05, 4.69) is 13.0 Å². The number of epoxide rings is 1. The summed E-state index contributed by atoms with van der Waals surface area (Å²) in [5.41, 5.74) is 1.49. The maximum Gasteiger partial charge on any atom is 0.306 e. The first-order valence-electron chi connectivity index (χ1n) is 11.8. The van der Waals surface area contributed by atoms with Crippen molar-refractivity contribution in [3.8, 4) is 0 Å². The van der Waals surface area contributed by atoms with Crippen molar-refractivity contribution in [3.05, 3.63) is 11.6 Å². The molecule has 0 aromatic rings. The molecule has 1 saturated carbocycles. The van der Waals surface area contributed by atoms with E-state index in [1.807, 2.05) is 6.92 Å². The van der Waals surface area contributed by atoms with Crippen molar-refractivity contribution in [2.45, 2.75) is 122 Å². The molecule has 0 spiro atoms. The SMILES string of the molecule is CCCCCCCCCCCCCC=C1CC[C@H](CC(=O)OCC)[C@@H]2O[C@H]12. The Morgan fingerprint density at radius 2 is 1.63 bits per heavy atom. The first-order valence-corrected chi connectivity index (χ1v) is 11.8. The first kappa shape index (κ1) is 22.5. The monoisotopic (exact) mass is 378 g/mol. The van der Waals surface area contributed by atoms with Crippen LogP contribution in [0.1, 0.15) is 110 Å². The molecule has 0 unspecified atom stereocenters. The number of carbonyl (C=O) groups excluding carboxylic acids is 1. The van der Waals surface area contributed by atoms with E-state index in [1.165, 1.54) is 82.6 Å². The standard InChI is InChI=1S/C24H42O3/c1-3-5-6-7-8-9-10-11-12-13-14-15-16-20-17-18-21(24-23(20)27-24)19-22(25)26-4-2/h16,21,23-24H,3-15,17-19H2,1-2H3/t21-,23-,24+/m1/s1. The summed E-state index contributed by atoms with van der Waals surface area (Å²) in [6.07, 6.45) is 22.3. The highest BCUT2D eigenvalue weighted by Crippen LogP contribution is 2.45. The second-order valence-corrected chi connectivity index (χ2v) is 8.43. The minimum absolute atomic E-state index is 0.0647. The number of fused-ring (bicyclic) bond motifs is 1. The quantitative estimate of drug-likeness (QED) is 0.137. The van der Waals surface area contributed by atoms with E-state index in [4.69, 9.17) is 9.47 Å². The molecule has 1 aliphatic carbocycles. The molecule has 0 aromatic heterocycles. The normalized spacial score (nSPS) is 25.4. The van der Waals surface area contributed by atoms with Crippen molar-refractivity contribution >= 4 is 5.97 Å². The van der Waals surface area contributed by atoms with E-state index in [0.29, 0.717) is 25.0 Å². The van der Waals surface area contributed by atoms with Crippen LogP contribution in [-0.2, 0) is 14.3 Å². The summed E-state index contributed by atoms with van der Waals surface area (Å²) in [6.45, 7) is 4.62. The first-order chi connectivity index (χ1) is 13.3. The van der Waals surface area contributed by atoms with Crippen LogP contribution in [0, 0.1) is 5.92 Å². The van der Waals surface area contributed by atoms with Gasteiger partial charge in [-0.2, -0.15) is 0 Å². The summed E-state index contributed by atoms with van der Waals surface area (Å²) < 4.78 is 10.9. The van der Waals surface area contributed by atoms with Crippen LogP contribution in [0.3, 0.4) is 0 Å². The van der Waals surface area contributed by atoms with Crippen LogP contribution in [0.4, 0.5) is 0 Å². The van der Waals surface area contributed by atoms with Gasteiger partial charge in [-0.05, 0) is 44.1 Å². The van der Waals surface area contributed by atoms with Crippen molar-refractivity contribution < 1.29 is 14.3 Å². The molecule has 1 saturated heterocycles. The van der Waals surface area contributed by atoms with Crippen LogP contribution in [0.25, 0.3) is 0 Å². The summed E-state index contributed by atoms with van der Waals surface area (Å²) in [4.78, 5) is 11.7. The van der Waals surface area contributed by atoms with Crippen LogP contribution in [0.5, 0.6) is 0 Å². The number of rotatable bonds is 15. The third-order valence-electron chi connectivity index (χ3n) is 6.11. The van der Waals surface area contributed by atoms with E-state index >= 15 is 0 Å². The summed E-state index contributed by atoms with van der Waals surface area (Å²) in [6, 6.07) is 0. The lowest BCUT2D eigenvalue weighted by Gasteiger charge is -2.19. The maximum absolute atomic E-state index is 11.7. The van der Waals surface area contributed by atoms with Crippen molar-refractivity contribution in [2.75, 3.05) is 6.61 Å². The number of unbranched alkanes of at least 4 members (excludes halogenated alkanes) is 11. The van der Waals surface area contributed by atoms with Gasteiger partial charge >= 0.3 is 5.97 Å². The van der Waals surface area contributed by atoms with Crippen molar-refractivity contribution in [2.24, 2.45) is 5.92 Å². The second kappa shape index (κ2) is 13.4. The lowest BCUT2D eigenvalue weighted by molar-refractivity contribution is -0.144. The Morgan fingerprint density at radius 3 is 2.26 bits per heavy atom. The van der Waals surface area contributed by atoms with E-state index < -0.39 is 0 Å². The van der Waals surface area contributed by atoms with Crippen LogP contribution in [0.15, 0.2) is 11.6 Å². The van der Waals surface area contributed by atoms with Crippen molar-refractivity contribution in [3.63, 3.8) is 0 Å². The number of allylic oxidation sites excluding steroid dienone is 1. The molecule has 156 valence electrons. The fourth-order valence-electron chi connectivity index (χ4n) is 4.41. The van der Waals surface area contributed by atoms with Gasteiger partial charge in [-0.25, -0.2) is 0 Å². The zero-order valence-corrected chi connectivity index (χ0v) is 17.8. The van der Waals surface area contributed by atoms with E-state index in [1.54, 1.807) is 0 Å². The Kier molecular flexibility index (Phi) is 11.1. The second-order valence-electron chi connectivity index (χ2n) is 8.43. The van der Waals surface area contributed by atoms with Gasteiger partial charge in [0.2, 0.25) is 0 Å². The van der Waals surface area contributed by atoms with E-state index in [0.717, 1.165) is 12.8 Å². The Hall–Kier alpha value is -0.830. The van der Waals surface area contributed by atoms with Crippen LogP contribution >= 0.6 is 0 Å². The molecule has 0 amide bonds. The van der Waals surface area contributed by atoms with Gasteiger partial charge in [0.15, 0.2) is 0 Å². The third-order valence-corrected chi connectivity index (χ3v) is 6.11. The average molecular weight is 379 g/mol. The highest BCUT2D eigenvalue weighted by Gasteiger charge is 2.50. The lowest BCUT2D eigenvalue weighted by atomic mass is 9.83. The van der Waals surface area contributed by atoms with Crippen molar-refractivity contribution in [1.29, 1.82) is 0 Å². The van der Waals surface area contributed by atoms with Gasteiger partial charge in [-0.3, -0.25) is 4.79 Å². The molecule has 2 rings (SSSR count). The minimum atomic E-state index is -0.0647. The van der Waals surface area contributed by atoms with E-state index in [-0.39, 0.29) is 12.1 Å². The summed E-state index contributed by atoms with van der Waals surface area (Å²) >= 11 is 0. The van der Waals surface area contributed by atoms with Gasteiger partial charge in [0.05, 0.1) is 19.1 Å². The highest BCUT2D eigenvalue weighted by molar-refractivity contribution is 5.69. The molecule has 3 nitrogen and oxygen atoms in total. The molecule has 0 radical (unpaired) electrons. The molecular weight excluding hydrogens is 336 g/mol. The molecular formula is C24H42O3. The fraction of sp³-hybridized carbons (Fsp3) is 0.875. The minimum Gasteiger partial charge on any atom is -0.466 e. The number of esters is 1. The number of hydrogen-bond donors (Lipinski definition) is 0. The Morgan fingerprint density at radius 1 is 1.00 bits per heavy atom. The molecule has 1 heterocycles. The Balaban J connectivity index is 1.45. The zero-order valence-electron chi connectivity index (χ0n) is 17.8. The summed E-state index contributed by atoms with van der Waals surface area (Å²) in [5.74, 6) is 0.304. The molecule has 0 bridgehead atoms. The number of carbonyl (C=O) groups is 1. The Labute approximate surface area is 167 Å². The predicted molar refractivity (Wildman–Crippen MR) is 112 cm³/mol. The maximum atomic E-state index is 11.7. The number of hydrogen-bond acceptors (Lipinski definition) is 3. The third kappa shape index (κ3) is 8.81. The average Bonchev–Trinajstić information content (AvgIpc) is 3.45. The van der Waals surface area contributed by atoms with Crippen molar-refractivity contribution in [1.82, 2.24) is 0 Å². The van der Waals surface area contributed by atoms with Crippen LogP contribution < -0.4 is 0 Å². The van der Waals surface area contributed by atoms with Gasteiger partial charge in [0, 0.05) is 0 Å². The predicted octanol–water partition coefficient (Wildman–Crippen LogP) is 6.74. The zero-order chi connectivity index (χ0) is 19.3. The van der Waals surface area contributed by atoms with Gasteiger partial charge in [0.25, 0.3) is 0 Å². The molecule has 1 aliphatic heterocycles. The summed E-state index contributed by atoms with van der Waals surface area (Å²) in [5, 5.41) is 0. The molecule has 3 atom stereocenters. The van der Waals surface area contributed by atoms with Gasteiger partial charge in [-0.15, -0.1) is 0 Å². The summed E-state index contributed by atoms with van der Waals surface area (Å²) in [7, 11) is 0. The largest absolute Gasteiger partial charge is 0.466 e. The van der Waals surface area contributed by atoms with Gasteiger partial charge < -0.3 is 9.47 Å². The molecule has 3 heteroatoms. The fourth-order valence-corrected chi connectivity index (χ4v) is 4.41. The molecule has 2 fully saturated rings. The topological polar surface area (TPSA) is 38.8 Å². The smallest absolute Gasteiger partial charge is 0.306 e.